The number of anilines is 1. The third-order valence-corrected chi connectivity index (χ3v) is 4.83. The molecule has 0 saturated carbocycles. The molecule has 0 radical (unpaired) electrons. The second-order valence-corrected chi connectivity index (χ2v) is 7.15. The summed E-state index contributed by atoms with van der Waals surface area (Å²) in [6.07, 6.45) is -1.42. The molecule has 0 unspecified atom stereocenters. The van der Waals surface area contributed by atoms with Crippen molar-refractivity contribution in [1.29, 1.82) is 0 Å². The van der Waals surface area contributed by atoms with E-state index in [0.29, 0.717) is 17.4 Å². The normalized spacial score (nSPS) is 11.7. The van der Waals surface area contributed by atoms with E-state index < -0.39 is 17.6 Å². The largest absolute Gasteiger partial charge is 0.417 e. The van der Waals surface area contributed by atoms with Crippen LogP contribution in [0.1, 0.15) is 11.1 Å². The fourth-order valence-electron chi connectivity index (χ4n) is 3.38. The van der Waals surface area contributed by atoms with Crippen LogP contribution in [0.5, 0.6) is 0 Å². The lowest BCUT2D eigenvalue weighted by Gasteiger charge is -2.15. The van der Waals surface area contributed by atoms with Crippen LogP contribution in [0.3, 0.4) is 0 Å². The van der Waals surface area contributed by atoms with Gasteiger partial charge in [-0.2, -0.15) is 23.4 Å². The lowest BCUT2D eigenvalue weighted by molar-refractivity contribution is -0.137. The number of nitrogens with zero attached hydrogens (tertiary/aromatic N) is 4. The van der Waals surface area contributed by atoms with Gasteiger partial charge in [0.1, 0.15) is 11.5 Å². The first-order chi connectivity index (χ1) is 14.7. The van der Waals surface area contributed by atoms with Gasteiger partial charge in [-0.05, 0) is 18.2 Å². The predicted molar refractivity (Wildman–Crippen MR) is 110 cm³/mol. The van der Waals surface area contributed by atoms with E-state index in [9.17, 15) is 17.6 Å². The molecule has 0 aliphatic heterocycles. The molecule has 1 N–H and O–H groups in total. The molecule has 0 fully saturated rings. The quantitative estimate of drug-likeness (QED) is 0.441. The van der Waals surface area contributed by atoms with Gasteiger partial charge in [0.15, 0.2) is 0 Å². The summed E-state index contributed by atoms with van der Waals surface area (Å²) < 4.78 is 58.2. The molecule has 2 aromatic carbocycles. The molecule has 0 bridgehead atoms. The standard InChI is InChI=1S/C22H19F4N5/c1-30-9-8-19(28-30)16-10-15(18(23)11-17(16)22(24,25)26)12-27-20-13-31(2)29-21(20)14-6-4-3-5-7-14/h3-11,13,27H,12H2,1-2H3. The maximum absolute atomic E-state index is 14.6. The van der Waals surface area contributed by atoms with Gasteiger partial charge >= 0.3 is 6.18 Å². The van der Waals surface area contributed by atoms with Crippen molar-refractivity contribution < 1.29 is 17.6 Å². The van der Waals surface area contributed by atoms with Gasteiger partial charge in [-0.15, -0.1) is 0 Å². The van der Waals surface area contributed by atoms with Crippen LogP contribution < -0.4 is 5.32 Å². The Labute approximate surface area is 175 Å². The third-order valence-electron chi connectivity index (χ3n) is 4.83. The summed E-state index contributed by atoms with van der Waals surface area (Å²) in [5, 5.41) is 11.6. The summed E-state index contributed by atoms with van der Waals surface area (Å²) >= 11 is 0. The number of aryl methyl sites for hydroxylation is 2. The van der Waals surface area contributed by atoms with Gasteiger partial charge in [0.25, 0.3) is 0 Å². The minimum atomic E-state index is -4.70. The molecular formula is C22H19F4N5. The van der Waals surface area contributed by atoms with Crippen LogP contribution in [-0.4, -0.2) is 19.6 Å². The minimum Gasteiger partial charge on any atom is -0.378 e. The average molecular weight is 429 g/mol. The maximum Gasteiger partial charge on any atom is 0.417 e. The van der Waals surface area contributed by atoms with Gasteiger partial charge in [0.05, 0.1) is 16.9 Å². The molecular weight excluding hydrogens is 410 g/mol. The number of hydrogen-bond donors (Lipinski definition) is 1. The first kappa shape index (κ1) is 20.6. The fraction of sp³-hybridized carbons (Fsp3) is 0.182. The molecule has 0 atom stereocenters. The van der Waals surface area contributed by atoms with Gasteiger partial charge in [-0.1, -0.05) is 30.3 Å². The Morgan fingerprint density at radius 2 is 1.71 bits per heavy atom. The minimum absolute atomic E-state index is 0.0185. The summed E-state index contributed by atoms with van der Waals surface area (Å²) in [4.78, 5) is 0. The average Bonchev–Trinajstić information content (AvgIpc) is 3.32. The summed E-state index contributed by atoms with van der Waals surface area (Å²) in [7, 11) is 3.37. The summed E-state index contributed by atoms with van der Waals surface area (Å²) in [6.45, 7) is -0.0185. The van der Waals surface area contributed by atoms with Gasteiger partial charge in [0.2, 0.25) is 0 Å². The van der Waals surface area contributed by atoms with E-state index in [1.807, 2.05) is 30.3 Å². The zero-order valence-corrected chi connectivity index (χ0v) is 16.8. The summed E-state index contributed by atoms with van der Waals surface area (Å²) in [6, 6.07) is 12.6. The van der Waals surface area contributed by atoms with E-state index in [-0.39, 0.29) is 23.4 Å². The Hall–Kier alpha value is -3.62. The van der Waals surface area contributed by atoms with Crippen molar-refractivity contribution in [2.45, 2.75) is 12.7 Å². The van der Waals surface area contributed by atoms with E-state index in [0.717, 1.165) is 5.56 Å². The van der Waals surface area contributed by atoms with Crippen molar-refractivity contribution in [1.82, 2.24) is 19.6 Å². The van der Waals surface area contributed by atoms with Gasteiger partial charge < -0.3 is 5.32 Å². The van der Waals surface area contributed by atoms with Crippen LogP contribution >= 0.6 is 0 Å². The molecule has 2 aromatic heterocycles. The molecule has 5 nitrogen and oxygen atoms in total. The molecule has 4 aromatic rings. The highest BCUT2D eigenvalue weighted by molar-refractivity contribution is 5.74. The highest BCUT2D eigenvalue weighted by Crippen LogP contribution is 2.38. The Balaban J connectivity index is 1.69. The SMILES string of the molecule is Cn1ccc(-c2cc(CNc3cn(C)nc3-c3ccccc3)c(F)cc2C(F)(F)F)n1. The molecule has 2 heterocycles. The Morgan fingerprint density at radius 1 is 0.968 bits per heavy atom. The van der Waals surface area contributed by atoms with Crippen LogP contribution in [-0.2, 0) is 26.8 Å². The molecule has 160 valence electrons. The van der Waals surface area contributed by atoms with Crippen molar-refractivity contribution in [2.24, 2.45) is 14.1 Å². The molecule has 0 aliphatic carbocycles. The predicted octanol–water partition coefficient (Wildman–Crippen LogP) is 5.26. The van der Waals surface area contributed by atoms with E-state index >= 15 is 0 Å². The Bertz CT molecular complexity index is 1210. The molecule has 9 heteroatoms. The van der Waals surface area contributed by atoms with Crippen LogP contribution in [0.15, 0.2) is 60.9 Å². The molecule has 0 amide bonds. The van der Waals surface area contributed by atoms with Crippen molar-refractivity contribution in [3.8, 4) is 22.5 Å². The zero-order valence-electron chi connectivity index (χ0n) is 16.8. The second-order valence-electron chi connectivity index (χ2n) is 7.15. The highest BCUT2D eigenvalue weighted by Gasteiger charge is 2.35. The van der Waals surface area contributed by atoms with Crippen molar-refractivity contribution >= 4 is 5.69 Å². The van der Waals surface area contributed by atoms with E-state index in [1.54, 1.807) is 31.2 Å². The first-order valence-corrected chi connectivity index (χ1v) is 9.45. The molecule has 31 heavy (non-hydrogen) atoms. The van der Waals surface area contributed by atoms with Gasteiger partial charge in [0, 0.05) is 49.7 Å². The zero-order chi connectivity index (χ0) is 22.2. The van der Waals surface area contributed by atoms with Crippen LogP contribution in [0.2, 0.25) is 0 Å². The smallest absolute Gasteiger partial charge is 0.378 e. The van der Waals surface area contributed by atoms with Gasteiger partial charge in [-0.3, -0.25) is 9.36 Å². The number of rotatable bonds is 5. The molecule has 0 saturated heterocycles. The first-order valence-electron chi connectivity index (χ1n) is 9.45. The van der Waals surface area contributed by atoms with Gasteiger partial charge in [-0.25, -0.2) is 4.39 Å². The van der Waals surface area contributed by atoms with E-state index in [1.165, 1.54) is 16.8 Å². The lowest BCUT2D eigenvalue weighted by Crippen LogP contribution is -2.11. The number of alkyl halides is 3. The van der Waals surface area contributed by atoms with Crippen molar-refractivity contribution in [3.63, 3.8) is 0 Å². The lowest BCUT2D eigenvalue weighted by atomic mass is 10.00. The van der Waals surface area contributed by atoms with Crippen LogP contribution in [0.4, 0.5) is 23.2 Å². The number of hydrogen-bond acceptors (Lipinski definition) is 3. The highest BCUT2D eigenvalue weighted by atomic mass is 19.4. The van der Waals surface area contributed by atoms with E-state index in [2.05, 4.69) is 15.5 Å². The number of aromatic nitrogens is 4. The molecule has 4 rings (SSSR count). The Morgan fingerprint density at radius 3 is 2.35 bits per heavy atom. The number of halogens is 4. The number of benzene rings is 2. The van der Waals surface area contributed by atoms with Crippen molar-refractivity contribution in [3.05, 3.63) is 77.9 Å². The summed E-state index contributed by atoms with van der Waals surface area (Å²) in [5.41, 5.74) is 1.18. The van der Waals surface area contributed by atoms with Crippen LogP contribution in [0.25, 0.3) is 22.5 Å². The number of nitrogens with one attached hydrogen (secondary N) is 1. The molecule has 0 spiro atoms. The Kier molecular flexibility index (Phi) is 5.26. The monoisotopic (exact) mass is 429 g/mol. The van der Waals surface area contributed by atoms with Crippen molar-refractivity contribution in [2.75, 3.05) is 5.32 Å². The van der Waals surface area contributed by atoms with Crippen LogP contribution in [0, 0.1) is 5.82 Å². The third kappa shape index (κ3) is 4.30. The molecule has 0 aliphatic rings. The topological polar surface area (TPSA) is 47.7 Å². The maximum atomic E-state index is 14.6. The summed E-state index contributed by atoms with van der Waals surface area (Å²) in [5.74, 6) is -0.940. The fourth-order valence-corrected chi connectivity index (χ4v) is 3.38. The van der Waals surface area contributed by atoms with E-state index in [4.69, 9.17) is 0 Å². The second kappa shape index (κ2) is 7.90.